The van der Waals surface area contributed by atoms with Crippen molar-refractivity contribution in [2.45, 2.75) is 51.8 Å². The van der Waals surface area contributed by atoms with Gasteiger partial charge in [0, 0.05) is 43.2 Å². The second-order valence-corrected chi connectivity index (χ2v) is 15.9. The van der Waals surface area contributed by atoms with Crippen molar-refractivity contribution in [1.82, 2.24) is 14.1 Å². The molecule has 1 aromatic carbocycles. The number of nitrogens with zero attached hydrogens (tertiary/aromatic N) is 3. The standard InChI is InChI=1S/C27H35N3O6Si/c1-8-21(27(32)35-4)30-24-17-9-10-29(16-36-11-12-37(5,6)7)25(17)28-15-20(24)18-13-22(33-2)23(34-3)14-19(18)26(30)31/h9-10,13-15,21H,8,11-12,16H2,1-7H3/t21-/m0/s1. The van der Waals surface area contributed by atoms with E-state index in [2.05, 4.69) is 19.6 Å². The Morgan fingerprint density at radius 1 is 1.03 bits per heavy atom. The molecule has 0 spiro atoms. The van der Waals surface area contributed by atoms with Crippen LogP contribution in [0.2, 0.25) is 25.7 Å². The molecule has 1 atom stereocenters. The summed E-state index contributed by atoms with van der Waals surface area (Å²) in [6.07, 6.45) is 4.02. The minimum absolute atomic E-state index is 0.313. The number of rotatable bonds is 10. The molecule has 0 N–H and O–H groups in total. The Labute approximate surface area is 216 Å². The molecular weight excluding hydrogens is 490 g/mol. The van der Waals surface area contributed by atoms with Crippen LogP contribution < -0.4 is 15.0 Å². The summed E-state index contributed by atoms with van der Waals surface area (Å²) in [5, 5.41) is 2.55. The van der Waals surface area contributed by atoms with Gasteiger partial charge in [-0.2, -0.15) is 0 Å². The lowest BCUT2D eigenvalue weighted by Crippen LogP contribution is -2.31. The van der Waals surface area contributed by atoms with Crippen molar-refractivity contribution in [3.8, 4) is 11.5 Å². The smallest absolute Gasteiger partial charge is 0.328 e. The number of hydrogen-bond donors (Lipinski definition) is 0. The first-order chi connectivity index (χ1) is 17.6. The van der Waals surface area contributed by atoms with Crippen LogP contribution in [0.5, 0.6) is 11.5 Å². The highest BCUT2D eigenvalue weighted by atomic mass is 28.3. The topological polar surface area (TPSA) is 93.8 Å². The molecule has 0 aliphatic carbocycles. The molecule has 37 heavy (non-hydrogen) atoms. The predicted octanol–water partition coefficient (Wildman–Crippen LogP) is 4.96. The molecule has 198 valence electrons. The number of methoxy groups -OCH3 is 3. The number of hydrogen-bond acceptors (Lipinski definition) is 7. The van der Waals surface area contributed by atoms with Gasteiger partial charge >= 0.3 is 5.97 Å². The number of ether oxygens (including phenoxy) is 4. The third-order valence-corrected chi connectivity index (χ3v) is 8.37. The number of carbonyl (C=O) groups excluding carboxylic acids is 1. The molecule has 0 aliphatic heterocycles. The summed E-state index contributed by atoms with van der Waals surface area (Å²) < 4.78 is 25.5. The van der Waals surface area contributed by atoms with E-state index in [1.165, 1.54) is 18.8 Å². The minimum Gasteiger partial charge on any atom is -0.493 e. The molecule has 0 fully saturated rings. The van der Waals surface area contributed by atoms with Gasteiger partial charge in [-0.15, -0.1) is 0 Å². The quantitative estimate of drug-likeness (QED) is 0.125. The average Bonchev–Trinajstić information content (AvgIpc) is 3.30. The SMILES string of the molecule is CC[C@@H](C(=O)OC)n1c(=O)c2cc(OC)c(OC)cc2c2cnc3c(ccn3COCC[Si](C)(C)C)c21. The van der Waals surface area contributed by atoms with Gasteiger partial charge in [-0.25, -0.2) is 9.78 Å². The summed E-state index contributed by atoms with van der Waals surface area (Å²) in [6, 6.07) is 5.61. The second kappa shape index (κ2) is 10.5. The molecule has 10 heteroatoms. The molecule has 3 aromatic heterocycles. The first-order valence-electron chi connectivity index (χ1n) is 12.4. The minimum atomic E-state index is -1.21. The summed E-state index contributed by atoms with van der Waals surface area (Å²) >= 11 is 0. The first kappa shape index (κ1) is 26.7. The van der Waals surface area contributed by atoms with E-state index in [0.29, 0.717) is 53.2 Å². The van der Waals surface area contributed by atoms with E-state index in [1.807, 2.05) is 23.8 Å². The third-order valence-electron chi connectivity index (χ3n) is 6.66. The van der Waals surface area contributed by atoms with Crippen molar-refractivity contribution in [3.63, 3.8) is 0 Å². The van der Waals surface area contributed by atoms with E-state index in [4.69, 9.17) is 23.9 Å². The highest BCUT2D eigenvalue weighted by Crippen LogP contribution is 2.37. The summed E-state index contributed by atoms with van der Waals surface area (Å²) in [4.78, 5) is 31.6. The van der Waals surface area contributed by atoms with Crippen molar-refractivity contribution < 1.29 is 23.7 Å². The number of pyridine rings is 2. The van der Waals surface area contributed by atoms with E-state index in [9.17, 15) is 9.59 Å². The van der Waals surface area contributed by atoms with Crippen LogP contribution in [0, 0.1) is 0 Å². The van der Waals surface area contributed by atoms with Gasteiger partial charge in [-0.05, 0) is 30.7 Å². The third kappa shape index (κ3) is 4.95. The fraction of sp³-hybridized carbons (Fsp3) is 0.444. The molecule has 9 nitrogen and oxygen atoms in total. The Bertz CT molecular complexity index is 1520. The molecule has 0 amide bonds. The molecule has 0 saturated carbocycles. The molecule has 4 aromatic rings. The van der Waals surface area contributed by atoms with Crippen molar-refractivity contribution in [2.24, 2.45) is 0 Å². The largest absolute Gasteiger partial charge is 0.493 e. The fourth-order valence-electron chi connectivity index (χ4n) is 4.63. The Morgan fingerprint density at radius 2 is 1.70 bits per heavy atom. The predicted molar refractivity (Wildman–Crippen MR) is 148 cm³/mol. The Morgan fingerprint density at radius 3 is 2.30 bits per heavy atom. The van der Waals surface area contributed by atoms with Crippen molar-refractivity contribution in [3.05, 3.63) is 40.9 Å². The van der Waals surface area contributed by atoms with Crippen LogP contribution in [0.25, 0.3) is 32.7 Å². The highest BCUT2D eigenvalue weighted by molar-refractivity contribution is 6.76. The van der Waals surface area contributed by atoms with Gasteiger partial charge in [0.05, 0.1) is 32.2 Å². The molecule has 0 aliphatic rings. The summed E-state index contributed by atoms with van der Waals surface area (Å²) in [6.45, 7) is 9.83. The van der Waals surface area contributed by atoms with Crippen molar-refractivity contribution >= 4 is 46.8 Å². The van der Waals surface area contributed by atoms with Crippen LogP contribution in [-0.4, -0.2) is 56.1 Å². The zero-order valence-corrected chi connectivity index (χ0v) is 23.6. The van der Waals surface area contributed by atoms with E-state index in [0.717, 1.165) is 16.8 Å². The molecular formula is C27H35N3O6Si. The van der Waals surface area contributed by atoms with Gasteiger partial charge < -0.3 is 23.5 Å². The number of esters is 1. The number of carbonyl (C=O) groups is 1. The lowest BCUT2D eigenvalue weighted by Gasteiger charge is -2.21. The number of benzene rings is 1. The normalized spacial score (nSPS) is 12.8. The maximum absolute atomic E-state index is 14.0. The molecule has 0 radical (unpaired) electrons. The molecule has 0 unspecified atom stereocenters. The molecule has 0 saturated heterocycles. The molecule has 0 bridgehead atoms. The molecule has 3 heterocycles. The summed E-state index contributed by atoms with van der Waals surface area (Å²) in [7, 11) is 3.20. The molecule has 4 rings (SSSR count). The second-order valence-electron chi connectivity index (χ2n) is 10.3. The van der Waals surface area contributed by atoms with E-state index in [-0.39, 0.29) is 5.56 Å². The highest BCUT2D eigenvalue weighted by Gasteiger charge is 2.27. The maximum atomic E-state index is 14.0. The van der Waals surface area contributed by atoms with Gasteiger partial charge in [0.25, 0.3) is 5.56 Å². The lowest BCUT2D eigenvalue weighted by atomic mass is 10.0. The van der Waals surface area contributed by atoms with Gasteiger partial charge in [0.15, 0.2) is 11.5 Å². The van der Waals surface area contributed by atoms with Crippen LogP contribution in [-0.2, 0) is 21.0 Å². The van der Waals surface area contributed by atoms with Crippen molar-refractivity contribution in [1.29, 1.82) is 0 Å². The van der Waals surface area contributed by atoms with Gasteiger partial charge in [0.1, 0.15) is 18.4 Å². The van der Waals surface area contributed by atoms with E-state index >= 15 is 0 Å². The number of aromatic nitrogens is 3. The Hall–Kier alpha value is -3.37. The van der Waals surface area contributed by atoms with Crippen LogP contribution in [0.15, 0.2) is 35.4 Å². The average molecular weight is 526 g/mol. The van der Waals surface area contributed by atoms with Crippen LogP contribution in [0.1, 0.15) is 19.4 Å². The van der Waals surface area contributed by atoms with Crippen LogP contribution in [0.3, 0.4) is 0 Å². The zero-order valence-electron chi connectivity index (χ0n) is 22.6. The van der Waals surface area contributed by atoms with Gasteiger partial charge in [-0.3, -0.25) is 9.36 Å². The Kier molecular flexibility index (Phi) is 7.61. The zero-order chi connectivity index (χ0) is 26.9. The number of fused-ring (bicyclic) bond motifs is 5. The summed E-state index contributed by atoms with van der Waals surface area (Å²) in [5.41, 5.74) is 0.980. The van der Waals surface area contributed by atoms with Crippen LogP contribution >= 0.6 is 0 Å². The fourth-order valence-corrected chi connectivity index (χ4v) is 5.38. The van der Waals surface area contributed by atoms with Gasteiger partial charge in [-0.1, -0.05) is 26.6 Å². The summed E-state index contributed by atoms with van der Waals surface area (Å²) in [5.74, 6) is 0.450. The first-order valence-corrected chi connectivity index (χ1v) is 16.1. The van der Waals surface area contributed by atoms with E-state index in [1.54, 1.807) is 25.4 Å². The van der Waals surface area contributed by atoms with E-state index < -0.39 is 20.1 Å². The Balaban J connectivity index is 2.00. The van der Waals surface area contributed by atoms with Crippen LogP contribution in [0.4, 0.5) is 0 Å². The van der Waals surface area contributed by atoms with Crippen molar-refractivity contribution in [2.75, 3.05) is 27.9 Å². The maximum Gasteiger partial charge on any atom is 0.328 e. The monoisotopic (exact) mass is 525 g/mol. The lowest BCUT2D eigenvalue weighted by molar-refractivity contribution is -0.144. The van der Waals surface area contributed by atoms with Gasteiger partial charge in [0.2, 0.25) is 0 Å².